The Morgan fingerprint density at radius 3 is 2.50 bits per heavy atom. The van der Waals surface area contributed by atoms with Gasteiger partial charge in [0.25, 0.3) is 0 Å². The molecule has 0 amide bonds. The van der Waals surface area contributed by atoms with Crippen molar-refractivity contribution in [3.05, 3.63) is 24.0 Å². The van der Waals surface area contributed by atoms with Crippen LogP contribution in [0.2, 0.25) is 0 Å². The van der Waals surface area contributed by atoms with Gasteiger partial charge in [0.05, 0.1) is 6.04 Å². The summed E-state index contributed by atoms with van der Waals surface area (Å²) in [5.41, 5.74) is 12.9. The third-order valence-electron chi connectivity index (χ3n) is 2.00. The Labute approximate surface area is 83.0 Å². The number of pyridine rings is 1. The van der Waals surface area contributed by atoms with E-state index < -0.39 is 12.3 Å². The summed E-state index contributed by atoms with van der Waals surface area (Å²) in [6.07, 6.45) is 2.71. The lowest BCUT2D eigenvalue weighted by atomic mass is 10.1. The van der Waals surface area contributed by atoms with Crippen LogP contribution in [-0.4, -0.2) is 25.5 Å². The van der Waals surface area contributed by atoms with Gasteiger partial charge < -0.3 is 20.9 Å². The SMILES string of the molecule is COC(OC)C(N)c1cnccc1N. The number of anilines is 1. The maximum absolute atomic E-state index is 5.89. The Morgan fingerprint density at radius 1 is 1.36 bits per heavy atom. The second-order valence-electron chi connectivity index (χ2n) is 2.87. The summed E-state index contributed by atoms with van der Waals surface area (Å²) in [5.74, 6) is 0. The monoisotopic (exact) mass is 197 g/mol. The summed E-state index contributed by atoms with van der Waals surface area (Å²) < 4.78 is 10.1. The molecule has 1 aromatic rings. The van der Waals surface area contributed by atoms with Crippen LogP contribution in [0.15, 0.2) is 18.5 Å². The van der Waals surface area contributed by atoms with Crippen LogP contribution in [0.1, 0.15) is 11.6 Å². The fraction of sp³-hybridized carbons (Fsp3) is 0.444. The van der Waals surface area contributed by atoms with Crippen molar-refractivity contribution in [1.29, 1.82) is 0 Å². The highest BCUT2D eigenvalue weighted by atomic mass is 16.7. The van der Waals surface area contributed by atoms with Crippen LogP contribution >= 0.6 is 0 Å². The molecule has 0 aliphatic rings. The Bertz CT molecular complexity index is 289. The van der Waals surface area contributed by atoms with Crippen LogP contribution < -0.4 is 11.5 Å². The molecule has 1 aromatic heterocycles. The smallest absolute Gasteiger partial charge is 0.176 e. The molecule has 0 bridgehead atoms. The van der Waals surface area contributed by atoms with E-state index in [0.717, 1.165) is 5.56 Å². The number of hydrogen-bond donors (Lipinski definition) is 2. The van der Waals surface area contributed by atoms with E-state index in [9.17, 15) is 0 Å². The second kappa shape index (κ2) is 4.90. The zero-order chi connectivity index (χ0) is 10.6. The zero-order valence-corrected chi connectivity index (χ0v) is 8.31. The first kappa shape index (κ1) is 10.9. The van der Waals surface area contributed by atoms with Crippen LogP contribution in [0, 0.1) is 0 Å². The van der Waals surface area contributed by atoms with Crippen LogP contribution in [-0.2, 0) is 9.47 Å². The second-order valence-corrected chi connectivity index (χ2v) is 2.87. The van der Waals surface area contributed by atoms with E-state index in [0.29, 0.717) is 5.69 Å². The Hall–Kier alpha value is -1.17. The highest BCUT2D eigenvalue weighted by Crippen LogP contribution is 2.21. The van der Waals surface area contributed by atoms with Gasteiger partial charge in [-0.05, 0) is 6.07 Å². The highest BCUT2D eigenvalue weighted by molar-refractivity contribution is 5.46. The quantitative estimate of drug-likeness (QED) is 0.677. The van der Waals surface area contributed by atoms with E-state index in [1.807, 2.05) is 0 Å². The number of methoxy groups -OCH3 is 2. The third kappa shape index (κ3) is 2.20. The van der Waals surface area contributed by atoms with Crippen LogP contribution in [0.4, 0.5) is 5.69 Å². The molecule has 5 nitrogen and oxygen atoms in total. The minimum atomic E-state index is -0.513. The molecule has 0 aromatic carbocycles. The molecule has 1 rings (SSSR count). The molecule has 0 aliphatic heterocycles. The number of nitrogens with zero attached hydrogens (tertiary/aromatic N) is 1. The molecule has 1 heterocycles. The van der Waals surface area contributed by atoms with E-state index in [-0.39, 0.29) is 0 Å². The molecule has 0 radical (unpaired) electrons. The summed E-state index contributed by atoms with van der Waals surface area (Å²) in [6.45, 7) is 0. The lowest BCUT2D eigenvalue weighted by molar-refractivity contribution is -0.117. The fourth-order valence-electron chi connectivity index (χ4n) is 1.23. The molecule has 0 spiro atoms. The lowest BCUT2D eigenvalue weighted by Crippen LogP contribution is -2.30. The van der Waals surface area contributed by atoms with Gasteiger partial charge in [0.2, 0.25) is 0 Å². The van der Waals surface area contributed by atoms with E-state index in [1.54, 1.807) is 18.5 Å². The predicted molar refractivity (Wildman–Crippen MR) is 53.4 cm³/mol. The standard InChI is InChI=1S/C9H15N3O2/c1-13-9(14-2)8(11)6-5-12-4-3-7(6)10/h3-5,8-9H,11H2,1-2H3,(H2,10,12). The molecule has 0 saturated carbocycles. The molecule has 1 unspecified atom stereocenters. The average molecular weight is 197 g/mol. The van der Waals surface area contributed by atoms with Crippen molar-refractivity contribution in [2.75, 3.05) is 20.0 Å². The maximum atomic E-state index is 5.89. The minimum absolute atomic E-state index is 0.432. The number of rotatable bonds is 4. The summed E-state index contributed by atoms with van der Waals surface area (Å²) >= 11 is 0. The first-order valence-corrected chi connectivity index (χ1v) is 4.21. The van der Waals surface area contributed by atoms with E-state index in [2.05, 4.69) is 4.98 Å². The number of nitrogens with two attached hydrogens (primary N) is 2. The first-order valence-electron chi connectivity index (χ1n) is 4.21. The van der Waals surface area contributed by atoms with Gasteiger partial charge in [-0.3, -0.25) is 4.98 Å². The van der Waals surface area contributed by atoms with Crippen molar-refractivity contribution >= 4 is 5.69 Å². The highest BCUT2D eigenvalue weighted by Gasteiger charge is 2.20. The number of nitrogen functional groups attached to an aromatic ring is 1. The van der Waals surface area contributed by atoms with Crippen LogP contribution in [0.3, 0.4) is 0 Å². The number of hydrogen-bond acceptors (Lipinski definition) is 5. The Morgan fingerprint density at radius 2 is 2.00 bits per heavy atom. The zero-order valence-electron chi connectivity index (χ0n) is 8.31. The topological polar surface area (TPSA) is 83.4 Å². The van der Waals surface area contributed by atoms with Gasteiger partial charge in [-0.2, -0.15) is 0 Å². The summed E-state index contributed by atoms with van der Waals surface area (Å²) in [4.78, 5) is 3.95. The van der Waals surface area contributed by atoms with Crippen LogP contribution in [0.25, 0.3) is 0 Å². The molecule has 0 fully saturated rings. The largest absolute Gasteiger partial charge is 0.398 e. The van der Waals surface area contributed by atoms with Crippen molar-refractivity contribution in [1.82, 2.24) is 4.98 Å². The summed E-state index contributed by atoms with van der Waals surface area (Å²) in [5, 5.41) is 0. The van der Waals surface area contributed by atoms with Gasteiger partial charge in [0.15, 0.2) is 6.29 Å². The Balaban J connectivity index is 2.88. The molecule has 5 heteroatoms. The molecule has 0 aliphatic carbocycles. The van der Waals surface area contributed by atoms with Gasteiger partial charge in [-0.15, -0.1) is 0 Å². The molecule has 14 heavy (non-hydrogen) atoms. The van der Waals surface area contributed by atoms with Crippen molar-refractivity contribution in [3.8, 4) is 0 Å². The van der Waals surface area contributed by atoms with E-state index in [4.69, 9.17) is 20.9 Å². The molecule has 1 atom stereocenters. The lowest BCUT2D eigenvalue weighted by Gasteiger charge is -2.21. The molecular weight excluding hydrogens is 182 g/mol. The third-order valence-corrected chi connectivity index (χ3v) is 2.00. The van der Waals surface area contributed by atoms with E-state index >= 15 is 0 Å². The molecule has 4 N–H and O–H groups in total. The van der Waals surface area contributed by atoms with Crippen LogP contribution in [0.5, 0.6) is 0 Å². The van der Waals surface area contributed by atoms with Gasteiger partial charge in [-0.1, -0.05) is 0 Å². The summed E-state index contributed by atoms with van der Waals surface area (Å²) in [7, 11) is 3.06. The molecular formula is C9H15N3O2. The van der Waals surface area contributed by atoms with Gasteiger partial charge in [0.1, 0.15) is 0 Å². The van der Waals surface area contributed by atoms with Gasteiger partial charge >= 0.3 is 0 Å². The number of aromatic nitrogens is 1. The number of ether oxygens (including phenoxy) is 2. The minimum Gasteiger partial charge on any atom is -0.398 e. The Kier molecular flexibility index (Phi) is 3.82. The summed E-state index contributed by atoms with van der Waals surface area (Å²) in [6, 6.07) is 1.26. The van der Waals surface area contributed by atoms with Gasteiger partial charge in [-0.25, -0.2) is 0 Å². The predicted octanol–water partition coefficient (Wildman–Crippen LogP) is 0.282. The average Bonchev–Trinajstić information content (AvgIpc) is 2.20. The van der Waals surface area contributed by atoms with Crippen molar-refractivity contribution in [2.24, 2.45) is 5.73 Å². The van der Waals surface area contributed by atoms with Gasteiger partial charge in [0, 0.05) is 37.9 Å². The molecule has 0 saturated heterocycles. The first-order chi connectivity index (χ1) is 6.70. The molecule has 78 valence electrons. The van der Waals surface area contributed by atoms with E-state index in [1.165, 1.54) is 14.2 Å². The van der Waals surface area contributed by atoms with Crippen molar-refractivity contribution in [3.63, 3.8) is 0 Å². The fourth-order valence-corrected chi connectivity index (χ4v) is 1.23. The van der Waals surface area contributed by atoms with Crippen molar-refractivity contribution < 1.29 is 9.47 Å². The maximum Gasteiger partial charge on any atom is 0.176 e. The van der Waals surface area contributed by atoms with Crippen molar-refractivity contribution in [2.45, 2.75) is 12.3 Å². The normalized spacial score (nSPS) is 13.1.